The number of aryl methyl sites for hydroxylation is 3. The Morgan fingerprint density at radius 3 is 1.20 bits per heavy atom. The van der Waals surface area contributed by atoms with Crippen molar-refractivity contribution in [1.82, 2.24) is 85.7 Å². The largest absolute Gasteiger partial charge is 0.494 e. The number of hydrogen-bond acceptors (Lipinski definition) is 19. The zero-order valence-corrected chi connectivity index (χ0v) is 66.7. The number of methoxy groups -OCH3 is 1. The number of anilines is 3. The number of piperazine rings is 2. The normalized spacial score (nSPS) is 16.4. The summed E-state index contributed by atoms with van der Waals surface area (Å²) < 4.78 is 73.4. The molecule has 0 bridgehead atoms. The van der Waals surface area contributed by atoms with Gasteiger partial charge in [-0.15, -0.1) is 0 Å². The Morgan fingerprint density at radius 2 is 0.803 bits per heavy atom. The van der Waals surface area contributed by atoms with E-state index >= 15 is 0 Å². The van der Waals surface area contributed by atoms with Crippen LogP contribution >= 0.6 is 0 Å². The van der Waals surface area contributed by atoms with Gasteiger partial charge in [-0.25, -0.2) is 52.4 Å². The molecule has 0 amide bonds. The molecule has 0 spiro atoms. The number of piperidine rings is 1. The average molecular weight is 1580 g/mol. The maximum atomic E-state index is 14.5. The molecule has 18 heterocycles. The summed E-state index contributed by atoms with van der Waals surface area (Å²) in [4.78, 5) is 96.0. The van der Waals surface area contributed by atoms with Crippen molar-refractivity contribution in [1.29, 1.82) is 0 Å². The summed E-state index contributed by atoms with van der Waals surface area (Å²) in [6.45, 7) is 19.0. The fourth-order valence-corrected chi connectivity index (χ4v) is 15.6. The van der Waals surface area contributed by atoms with E-state index < -0.39 is 23.3 Å². The molecule has 19 rings (SSSR count). The van der Waals surface area contributed by atoms with Gasteiger partial charge in [-0.3, -0.25) is 36.8 Å². The Labute approximate surface area is 669 Å². The van der Waals surface area contributed by atoms with Gasteiger partial charge in [-0.1, -0.05) is 12.1 Å². The van der Waals surface area contributed by atoms with Gasteiger partial charge >= 0.3 is 0 Å². The molecule has 1 aromatic carbocycles. The van der Waals surface area contributed by atoms with Crippen LogP contribution in [0.1, 0.15) is 55.9 Å². The number of hydrogen-bond donors (Lipinski definition) is 1. The number of pyridine rings is 7. The first kappa shape index (κ1) is 78.1. The molecule has 3 fully saturated rings. The topological polar surface area (TPSA) is 230 Å². The number of benzene rings is 1. The number of fused-ring (bicyclic) bond motifs is 7. The molecule has 0 unspecified atom stereocenters. The van der Waals surface area contributed by atoms with Gasteiger partial charge in [-0.05, 0) is 184 Å². The molecule has 600 valence electrons. The fourth-order valence-electron chi connectivity index (χ4n) is 15.6. The number of rotatable bonds is 10. The molecule has 0 radical (unpaired) electrons. The number of imidazole rings is 3. The zero-order chi connectivity index (χ0) is 81.8. The van der Waals surface area contributed by atoms with Crippen molar-refractivity contribution >= 4 is 62.2 Å². The molecule has 0 aliphatic carbocycles. The maximum Gasteiger partial charge on any atom is 0.258 e. The minimum absolute atomic E-state index is 0.153. The van der Waals surface area contributed by atoms with Gasteiger partial charge < -0.3 is 52.7 Å². The maximum absolute atomic E-state index is 14.5. The lowest BCUT2D eigenvalue weighted by atomic mass is 10.0. The van der Waals surface area contributed by atoms with Gasteiger partial charge in [0.2, 0.25) is 0 Å². The lowest BCUT2D eigenvalue weighted by Gasteiger charge is -2.39. The highest BCUT2D eigenvalue weighted by Gasteiger charge is 2.26. The quantitative estimate of drug-likeness (QED) is 0.125. The van der Waals surface area contributed by atoms with Crippen molar-refractivity contribution in [3.63, 3.8) is 0 Å². The summed E-state index contributed by atoms with van der Waals surface area (Å²) in [5, 5.41) is 3.25. The highest BCUT2D eigenvalue weighted by atomic mass is 19.1. The van der Waals surface area contributed by atoms with E-state index in [4.69, 9.17) is 4.74 Å². The predicted molar refractivity (Wildman–Crippen MR) is 447 cm³/mol. The molecular weight excluding hydrogens is 1500 g/mol. The molecule has 117 heavy (non-hydrogen) atoms. The Balaban J connectivity index is 0.000000117. The second-order valence-corrected chi connectivity index (χ2v) is 30.7. The van der Waals surface area contributed by atoms with E-state index in [0.29, 0.717) is 80.0 Å². The first-order valence-electron chi connectivity index (χ1n) is 39.0. The molecule has 15 aromatic rings. The van der Waals surface area contributed by atoms with Crippen molar-refractivity contribution in [3.05, 3.63) is 265 Å². The third kappa shape index (κ3) is 16.4. The summed E-state index contributed by atoms with van der Waals surface area (Å²) >= 11 is 0. The van der Waals surface area contributed by atoms with Crippen LogP contribution in [0.4, 0.5) is 34.6 Å². The van der Waals surface area contributed by atoms with Crippen LogP contribution < -0.4 is 47.0 Å². The molecular formula is C87H89F4N21O5. The molecule has 2 atom stereocenters. The smallest absolute Gasteiger partial charge is 0.258 e. The number of nitrogens with zero attached hydrogens (tertiary/aromatic N) is 20. The van der Waals surface area contributed by atoms with E-state index in [-0.39, 0.29) is 44.9 Å². The Morgan fingerprint density at radius 1 is 0.419 bits per heavy atom. The second kappa shape index (κ2) is 32.5. The van der Waals surface area contributed by atoms with Gasteiger partial charge in [0.25, 0.3) is 22.2 Å². The minimum atomic E-state index is -0.442. The van der Waals surface area contributed by atoms with Gasteiger partial charge in [-0.2, -0.15) is 0 Å². The molecule has 14 aromatic heterocycles. The van der Waals surface area contributed by atoms with Gasteiger partial charge in [0, 0.05) is 180 Å². The molecule has 4 aliphatic rings. The zero-order valence-electron chi connectivity index (χ0n) is 66.7. The van der Waals surface area contributed by atoms with Crippen molar-refractivity contribution in [3.8, 4) is 50.6 Å². The van der Waals surface area contributed by atoms with Crippen molar-refractivity contribution in [2.75, 3.05) is 115 Å². The third-order valence-corrected chi connectivity index (χ3v) is 22.4. The van der Waals surface area contributed by atoms with Crippen LogP contribution in [-0.2, 0) is 0 Å². The number of nitrogens with one attached hydrogen (secondary N) is 1. The van der Waals surface area contributed by atoms with E-state index in [1.54, 1.807) is 94.0 Å². The van der Waals surface area contributed by atoms with Crippen LogP contribution in [0.2, 0.25) is 0 Å². The van der Waals surface area contributed by atoms with E-state index in [0.717, 1.165) is 136 Å². The fraction of sp³-hybridized carbons (Fsp3) is 0.299. The van der Waals surface area contributed by atoms with Crippen molar-refractivity contribution in [2.24, 2.45) is 0 Å². The van der Waals surface area contributed by atoms with Gasteiger partial charge in [0.15, 0.2) is 46.0 Å². The molecule has 1 N–H and O–H groups in total. The van der Waals surface area contributed by atoms with Crippen LogP contribution in [0.25, 0.3) is 90.0 Å². The van der Waals surface area contributed by atoms with Crippen LogP contribution in [0.5, 0.6) is 5.75 Å². The number of likely N-dealkylation sites (N-methyl/N-ethyl adjacent to an activating group) is 2. The standard InChI is InChI=1S/C23H25FN6O.2C22H23FN6O.C20H18FN3O2/c1-15-12-29-13-16(10-19(24)23(29)25-15)20-11-22(31)30-14-18(4-5-21(30)26-20)28-8-6-17(7-9-28)27(2)3;2*1-14-10-28-12-16(8-18(23)22(28)24-14)19-9-21(30)29-13-17(4-5-20(29)25-19)27-7-6-26(3)15(2)11-27;1-26-18-4-2-14(10-16(18)21)15-3-5-19-23-17(11-20(25)24(19)12-15)13-6-8-22-9-7-13/h4-5,10-14,17H,6-9H2,1-3H3;2*4-5,8-10,12-13,15H,6-7,11H2,1-3H3;2-6,10-12,22H,7-9H2,1H3/t;2*15-;/m.10./s1. The monoisotopic (exact) mass is 1580 g/mol. The Hall–Kier alpha value is -12.8. The Bertz CT molecular complexity index is 6430. The van der Waals surface area contributed by atoms with E-state index in [2.05, 4.69) is 118 Å². The third-order valence-electron chi connectivity index (χ3n) is 22.4. The predicted octanol–water partition coefficient (Wildman–Crippen LogP) is 11.1. The second-order valence-electron chi connectivity index (χ2n) is 30.7. The van der Waals surface area contributed by atoms with Gasteiger partial charge in [0.05, 0.1) is 64.0 Å². The van der Waals surface area contributed by atoms with E-state index in [9.17, 15) is 36.7 Å². The SMILES string of the molecule is COc1ccc(-c2ccc3nc(C4=CCNCC4)cc(=O)n3c2)cc1F.Cc1cn2cc(-c3cc(=O)n4cc(N5CCC(N(C)C)CC5)ccc4n3)cc(F)c2n1.Cc1cn2cc(-c3cc(=O)n4cc(N5CCN(C)[C@@H](C)C5)ccc4n3)cc(F)c2n1.Cc1cn2cc(-c3cc(=O)n4cc(N5CCN(C)[C@H](C)C5)ccc4n3)cc(F)c2n1. The minimum Gasteiger partial charge on any atom is -0.494 e. The molecule has 4 aliphatic heterocycles. The Kier molecular flexibility index (Phi) is 21.7. The summed E-state index contributed by atoms with van der Waals surface area (Å²) in [5.41, 5.74) is 13.6. The molecule has 0 saturated carbocycles. The van der Waals surface area contributed by atoms with Crippen LogP contribution in [-0.4, -0.2) is 199 Å². The van der Waals surface area contributed by atoms with Crippen LogP contribution in [0.3, 0.4) is 0 Å². The first-order valence-corrected chi connectivity index (χ1v) is 39.0. The lowest BCUT2D eigenvalue weighted by Crippen LogP contribution is -2.50. The van der Waals surface area contributed by atoms with Crippen molar-refractivity contribution in [2.45, 2.75) is 72.0 Å². The average Bonchev–Trinajstić information content (AvgIpc) is 1.66. The summed E-state index contributed by atoms with van der Waals surface area (Å²) in [6, 6.07) is 31.4. The highest BCUT2D eigenvalue weighted by molar-refractivity contribution is 5.71. The van der Waals surface area contributed by atoms with Crippen LogP contribution in [0, 0.1) is 44.0 Å². The van der Waals surface area contributed by atoms with E-state index in [1.165, 1.54) is 54.0 Å². The van der Waals surface area contributed by atoms with E-state index in [1.807, 2.05) is 81.8 Å². The summed E-state index contributed by atoms with van der Waals surface area (Å²) in [7, 11) is 9.93. The highest BCUT2D eigenvalue weighted by Crippen LogP contribution is 2.31. The summed E-state index contributed by atoms with van der Waals surface area (Å²) in [5.74, 6) is -1.58. The molecule has 30 heteroatoms. The summed E-state index contributed by atoms with van der Waals surface area (Å²) in [6.07, 6.45) is 22.8. The number of halogens is 4. The number of aromatic nitrogens is 14. The van der Waals surface area contributed by atoms with Crippen molar-refractivity contribution < 1.29 is 22.3 Å². The van der Waals surface area contributed by atoms with Gasteiger partial charge in [0.1, 0.15) is 22.6 Å². The lowest BCUT2D eigenvalue weighted by molar-refractivity contribution is 0.234. The molecule has 3 saturated heterocycles. The van der Waals surface area contributed by atoms with Crippen LogP contribution in [0.15, 0.2) is 196 Å². The molecule has 26 nitrogen and oxygen atoms in total. The first-order chi connectivity index (χ1) is 56.3. The number of ether oxygens (including phenoxy) is 1.